The fourth-order valence-electron chi connectivity index (χ4n) is 5.78. The molecule has 5 atom stereocenters. The summed E-state index contributed by atoms with van der Waals surface area (Å²) >= 11 is 0. The lowest BCUT2D eigenvalue weighted by molar-refractivity contribution is -0.137. The standard InChI is InChI=1S/C23H30F3N5O/c1-12(2)31-20(9-19(29-31)14-6-18(23(24,25)26)22(27)28-10-14)21-16-7-15(8-17(16)21)30-4-5-32-13(3)11-30/h6,9-10,12-13,15-17,21H,4-5,7-8,11H2,1-3H3,(H2,27,28)/t13-,15-,16-,17+,21+/m0/s1. The minimum atomic E-state index is -4.55. The monoisotopic (exact) mass is 449 g/mol. The Morgan fingerprint density at radius 1 is 1.19 bits per heavy atom. The van der Waals surface area contributed by atoms with Crippen LogP contribution in [0.1, 0.15) is 56.8 Å². The fraction of sp³-hybridized carbons (Fsp3) is 0.652. The number of aromatic nitrogens is 3. The van der Waals surface area contributed by atoms with E-state index in [-0.39, 0.29) is 12.1 Å². The first kappa shape index (κ1) is 21.7. The number of hydrogen-bond donors (Lipinski definition) is 1. The number of fused-ring (bicyclic) bond motifs is 1. The van der Waals surface area contributed by atoms with Gasteiger partial charge in [0.25, 0.3) is 0 Å². The summed E-state index contributed by atoms with van der Waals surface area (Å²) in [7, 11) is 0. The molecular formula is C23H30F3N5O. The number of pyridine rings is 1. The Balaban J connectivity index is 1.37. The average molecular weight is 450 g/mol. The van der Waals surface area contributed by atoms with Crippen molar-refractivity contribution in [2.45, 2.75) is 63.9 Å². The van der Waals surface area contributed by atoms with E-state index in [4.69, 9.17) is 10.5 Å². The molecule has 6 nitrogen and oxygen atoms in total. The molecule has 0 radical (unpaired) electrons. The molecule has 0 amide bonds. The van der Waals surface area contributed by atoms with E-state index in [1.807, 2.05) is 10.7 Å². The van der Waals surface area contributed by atoms with Crippen LogP contribution in [0.3, 0.4) is 0 Å². The van der Waals surface area contributed by atoms with Crippen LogP contribution in [-0.4, -0.2) is 51.5 Å². The zero-order valence-electron chi connectivity index (χ0n) is 18.6. The van der Waals surface area contributed by atoms with Crippen molar-refractivity contribution >= 4 is 5.82 Å². The van der Waals surface area contributed by atoms with Crippen LogP contribution in [-0.2, 0) is 10.9 Å². The lowest BCUT2D eigenvalue weighted by Crippen LogP contribution is -2.46. The summed E-state index contributed by atoms with van der Waals surface area (Å²) in [5, 5.41) is 4.68. The third-order valence-electron chi connectivity index (χ3n) is 7.32. The topological polar surface area (TPSA) is 69.2 Å². The molecule has 3 heterocycles. The van der Waals surface area contributed by atoms with Gasteiger partial charge in [-0.2, -0.15) is 18.3 Å². The number of anilines is 1. The third kappa shape index (κ3) is 3.79. The van der Waals surface area contributed by atoms with E-state index < -0.39 is 17.6 Å². The molecule has 3 fully saturated rings. The van der Waals surface area contributed by atoms with E-state index in [0.29, 0.717) is 35.1 Å². The zero-order chi connectivity index (χ0) is 22.8. The first-order valence-electron chi connectivity index (χ1n) is 11.4. The van der Waals surface area contributed by atoms with Crippen molar-refractivity contribution in [3.63, 3.8) is 0 Å². The van der Waals surface area contributed by atoms with Crippen molar-refractivity contribution in [1.82, 2.24) is 19.7 Å². The molecule has 3 aliphatic rings. The fourth-order valence-corrected chi connectivity index (χ4v) is 5.78. The largest absolute Gasteiger partial charge is 0.419 e. The van der Waals surface area contributed by atoms with Gasteiger partial charge >= 0.3 is 6.18 Å². The highest BCUT2D eigenvalue weighted by Gasteiger charge is 2.58. The molecule has 2 aromatic heterocycles. The molecule has 1 saturated heterocycles. The highest BCUT2D eigenvalue weighted by molar-refractivity contribution is 5.63. The Kier molecular flexibility index (Phi) is 5.24. The molecule has 32 heavy (non-hydrogen) atoms. The highest BCUT2D eigenvalue weighted by Crippen LogP contribution is 2.64. The predicted octanol–water partition coefficient (Wildman–Crippen LogP) is 4.34. The molecule has 0 spiro atoms. The number of halogens is 3. The van der Waals surface area contributed by atoms with E-state index in [0.717, 1.165) is 31.5 Å². The summed E-state index contributed by atoms with van der Waals surface area (Å²) in [5.74, 6) is 1.16. The van der Waals surface area contributed by atoms with Crippen LogP contribution in [0.5, 0.6) is 0 Å². The quantitative estimate of drug-likeness (QED) is 0.752. The maximum absolute atomic E-state index is 13.3. The van der Waals surface area contributed by atoms with Crippen molar-refractivity contribution in [3.05, 3.63) is 29.6 Å². The molecule has 0 bridgehead atoms. The second-order valence-electron chi connectivity index (χ2n) is 9.80. The van der Waals surface area contributed by atoms with Crippen LogP contribution in [0, 0.1) is 11.8 Å². The van der Waals surface area contributed by atoms with Gasteiger partial charge in [-0.1, -0.05) is 0 Å². The maximum Gasteiger partial charge on any atom is 0.419 e. The molecule has 0 unspecified atom stereocenters. The summed E-state index contributed by atoms with van der Waals surface area (Å²) in [6.45, 7) is 9.03. The summed E-state index contributed by atoms with van der Waals surface area (Å²) in [5.41, 5.74) is 6.55. The van der Waals surface area contributed by atoms with Gasteiger partial charge in [-0.3, -0.25) is 9.58 Å². The van der Waals surface area contributed by atoms with Crippen LogP contribution in [0.4, 0.5) is 19.0 Å². The Labute approximate surface area is 185 Å². The Morgan fingerprint density at radius 3 is 2.53 bits per heavy atom. The van der Waals surface area contributed by atoms with Gasteiger partial charge < -0.3 is 10.5 Å². The van der Waals surface area contributed by atoms with Crippen LogP contribution < -0.4 is 5.73 Å². The van der Waals surface area contributed by atoms with Gasteiger partial charge in [0.2, 0.25) is 0 Å². The smallest absolute Gasteiger partial charge is 0.383 e. The molecule has 1 aliphatic heterocycles. The average Bonchev–Trinajstić information content (AvgIpc) is 3.08. The summed E-state index contributed by atoms with van der Waals surface area (Å²) in [6, 6.07) is 3.75. The number of hydrogen-bond acceptors (Lipinski definition) is 5. The van der Waals surface area contributed by atoms with E-state index in [9.17, 15) is 13.2 Å². The summed E-state index contributed by atoms with van der Waals surface area (Å²) in [6.07, 6.45) is -0.540. The van der Waals surface area contributed by atoms with Crippen LogP contribution in [0.25, 0.3) is 11.3 Å². The molecule has 9 heteroatoms. The number of ether oxygens (including phenoxy) is 1. The lowest BCUT2D eigenvalue weighted by atomic mass is 10.0. The van der Waals surface area contributed by atoms with Gasteiger partial charge in [-0.25, -0.2) is 4.98 Å². The molecule has 2 aliphatic carbocycles. The summed E-state index contributed by atoms with van der Waals surface area (Å²) < 4.78 is 47.6. The predicted molar refractivity (Wildman–Crippen MR) is 115 cm³/mol. The SMILES string of the molecule is CC(C)n1nc(-c2cnc(N)c(C(F)(F)F)c2)cc1[C@H]1[C@@H]2C[C@@H](N3CCO[C@@H](C)C3)C[C@@H]21. The molecule has 174 valence electrons. The molecular weight excluding hydrogens is 419 g/mol. The minimum absolute atomic E-state index is 0.125. The molecule has 0 aromatic carbocycles. The number of rotatable bonds is 4. The second-order valence-corrected chi connectivity index (χ2v) is 9.80. The van der Waals surface area contributed by atoms with Gasteiger partial charge in [0, 0.05) is 48.5 Å². The van der Waals surface area contributed by atoms with Gasteiger partial charge in [-0.15, -0.1) is 0 Å². The number of nitrogens with zero attached hydrogens (tertiary/aromatic N) is 4. The number of nitrogens with two attached hydrogens (primary N) is 1. The van der Waals surface area contributed by atoms with E-state index in [1.54, 1.807) is 0 Å². The Hall–Kier alpha value is -2.13. The number of alkyl halides is 3. The first-order chi connectivity index (χ1) is 15.1. The van der Waals surface area contributed by atoms with Crippen LogP contribution in [0.15, 0.2) is 18.3 Å². The van der Waals surface area contributed by atoms with Gasteiger partial charge in [-0.05, 0) is 57.6 Å². The van der Waals surface area contributed by atoms with Crippen molar-refractivity contribution in [2.24, 2.45) is 11.8 Å². The zero-order valence-corrected chi connectivity index (χ0v) is 18.6. The second kappa shape index (κ2) is 7.73. The normalized spacial score (nSPS) is 30.7. The Morgan fingerprint density at radius 2 is 1.91 bits per heavy atom. The van der Waals surface area contributed by atoms with E-state index in [2.05, 4.69) is 35.8 Å². The minimum Gasteiger partial charge on any atom is -0.383 e. The molecule has 2 N–H and O–H groups in total. The lowest BCUT2D eigenvalue weighted by Gasteiger charge is -2.36. The summed E-state index contributed by atoms with van der Waals surface area (Å²) in [4.78, 5) is 6.35. The van der Waals surface area contributed by atoms with Gasteiger partial charge in [0.1, 0.15) is 5.82 Å². The molecule has 2 aromatic rings. The van der Waals surface area contributed by atoms with Crippen molar-refractivity contribution in [3.8, 4) is 11.3 Å². The number of morpholine rings is 1. The van der Waals surface area contributed by atoms with Gasteiger partial charge in [0.05, 0.1) is 24.0 Å². The first-order valence-corrected chi connectivity index (χ1v) is 11.4. The van der Waals surface area contributed by atoms with Gasteiger partial charge in [0.15, 0.2) is 0 Å². The van der Waals surface area contributed by atoms with E-state index in [1.165, 1.54) is 19.0 Å². The molecule has 5 rings (SSSR count). The van der Waals surface area contributed by atoms with Crippen molar-refractivity contribution in [2.75, 3.05) is 25.4 Å². The highest BCUT2D eigenvalue weighted by atomic mass is 19.4. The number of nitrogen functional groups attached to an aromatic ring is 1. The van der Waals surface area contributed by atoms with Crippen molar-refractivity contribution < 1.29 is 17.9 Å². The van der Waals surface area contributed by atoms with Crippen molar-refractivity contribution in [1.29, 1.82) is 0 Å². The molecule has 2 saturated carbocycles. The maximum atomic E-state index is 13.3. The van der Waals surface area contributed by atoms with Crippen LogP contribution in [0.2, 0.25) is 0 Å². The Bertz CT molecular complexity index is 992. The third-order valence-corrected chi connectivity index (χ3v) is 7.32. The van der Waals surface area contributed by atoms with Crippen LogP contribution >= 0.6 is 0 Å². The van der Waals surface area contributed by atoms with E-state index >= 15 is 0 Å².